The number of hydrogen-bond donors (Lipinski definition) is 2. The van der Waals surface area contributed by atoms with Crippen LogP contribution in [0.3, 0.4) is 0 Å². The molecule has 8 heteroatoms. The molecule has 33 heavy (non-hydrogen) atoms. The molecule has 5 nitrogen and oxygen atoms in total. The zero-order valence-corrected chi connectivity index (χ0v) is 19.4. The van der Waals surface area contributed by atoms with E-state index in [1.165, 1.54) is 26.4 Å². The Morgan fingerprint density at radius 1 is 1.21 bits per heavy atom. The van der Waals surface area contributed by atoms with Crippen LogP contribution in [0.5, 0.6) is 0 Å². The Morgan fingerprint density at radius 2 is 1.94 bits per heavy atom. The molecule has 0 aliphatic carbocycles. The number of carbonyl (C=O) groups excluding carboxylic acids is 1. The SMILES string of the molecule is CCCCCCC/C=C/c1cc(C(=C/N)/C=N/C(F)(F)F)ccc1C(O)CCCC(=O)OC. The molecule has 0 amide bonds. The first-order chi connectivity index (χ1) is 15.7. The van der Waals surface area contributed by atoms with Gasteiger partial charge in [0.15, 0.2) is 0 Å². The number of esters is 1. The van der Waals surface area contributed by atoms with Crippen LogP contribution in [0.4, 0.5) is 13.2 Å². The number of halogens is 3. The lowest BCUT2D eigenvalue weighted by Gasteiger charge is -2.15. The van der Waals surface area contributed by atoms with Gasteiger partial charge in [0.25, 0.3) is 0 Å². The molecule has 0 saturated heterocycles. The highest BCUT2D eigenvalue weighted by Crippen LogP contribution is 2.28. The Bertz CT molecular complexity index is 818. The van der Waals surface area contributed by atoms with Gasteiger partial charge < -0.3 is 15.6 Å². The summed E-state index contributed by atoms with van der Waals surface area (Å²) in [5, 5.41) is 10.7. The molecule has 0 fully saturated rings. The molecule has 1 aromatic carbocycles. The Hall–Kier alpha value is -2.61. The van der Waals surface area contributed by atoms with Crippen LogP contribution < -0.4 is 5.73 Å². The van der Waals surface area contributed by atoms with Gasteiger partial charge in [0.2, 0.25) is 0 Å². The van der Waals surface area contributed by atoms with Crippen LogP contribution >= 0.6 is 0 Å². The van der Waals surface area contributed by atoms with Gasteiger partial charge in [0.05, 0.1) is 13.2 Å². The van der Waals surface area contributed by atoms with Crippen LogP contribution in [0.15, 0.2) is 35.5 Å². The highest BCUT2D eigenvalue weighted by Gasteiger charge is 2.25. The Labute approximate surface area is 194 Å². The van der Waals surface area contributed by atoms with Gasteiger partial charge in [-0.15, -0.1) is 13.2 Å². The first-order valence-corrected chi connectivity index (χ1v) is 11.3. The van der Waals surface area contributed by atoms with E-state index < -0.39 is 12.4 Å². The second-order valence-electron chi connectivity index (χ2n) is 7.78. The molecule has 1 atom stereocenters. The van der Waals surface area contributed by atoms with Crippen molar-refractivity contribution in [3.63, 3.8) is 0 Å². The average Bonchev–Trinajstić information content (AvgIpc) is 2.78. The topological polar surface area (TPSA) is 84.9 Å². The summed E-state index contributed by atoms with van der Waals surface area (Å²) in [5.41, 5.74) is 7.43. The van der Waals surface area contributed by atoms with Crippen LogP contribution in [0, 0.1) is 0 Å². The molecule has 0 saturated carbocycles. The molecule has 0 aliphatic heterocycles. The molecular weight excluding hydrogens is 433 g/mol. The third kappa shape index (κ3) is 11.7. The van der Waals surface area contributed by atoms with E-state index in [0.717, 1.165) is 25.5 Å². The fourth-order valence-corrected chi connectivity index (χ4v) is 3.33. The van der Waals surface area contributed by atoms with E-state index in [4.69, 9.17) is 5.73 Å². The van der Waals surface area contributed by atoms with Gasteiger partial charge in [-0.25, -0.2) is 0 Å². The summed E-state index contributed by atoms with van der Waals surface area (Å²) >= 11 is 0. The predicted octanol–water partition coefficient (Wildman–Crippen LogP) is 6.33. The minimum absolute atomic E-state index is 0.119. The van der Waals surface area contributed by atoms with Crippen molar-refractivity contribution in [3.8, 4) is 0 Å². The lowest BCUT2D eigenvalue weighted by atomic mass is 9.94. The Balaban J connectivity index is 3.06. The summed E-state index contributed by atoms with van der Waals surface area (Å²) in [4.78, 5) is 13.9. The number of aliphatic hydroxyl groups excluding tert-OH is 1. The van der Waals surface area contributed by atoms with Gasteiger partial charge in [0, 0.05) is 24.4 Å². The molecule has 1 unspecified atom stereocenters. The van der Waals surface area contributed by atoms with Gasteiger partial charge in [0.1, 0.15) is 0 Å². The maximum Gasteiger partial charge on any atom is 0.503 e. The van der Waals surface area contributed by atoms with Crippen molar-refractivity contribution in [1.82, 2.24) is 0 Å². The number of methoxy groups -OCH3 is 1. The van der Waals surface area contributed by atoms with Crippen molar-refractivity contribution < 1.29 is 27.8 Å². The van der Waals surface area contributed by atoms with Gasteiger partial charge in [-0.3, -0.25) is 4.79 Å². The molecule has 0 spiro atoms. The van der Waals surface area contributed by atoms with Crippen LogP contribution in [0.1, 0.15) is 87.5 Å². The van der Waals surface area contributed by atoms with Crippen molar-refractivity contribution >= 4 is 23.8 Å². The minimum Gasteiger partial charge on any atom is -0.469 e. The van der Waals surface area contributed by atoms with Crippen molar-refractivity contribution in [1.29, 1.82) is 0 Å². The lowest BCUT2D eigenvalue weighted by molar-refractivity contribution is -0.140. The molecule has 0 heterocycles. The van der Waals surface area contributed by atoms with Crippen molar-refractivity contribution in [2.24, 2.45) is 10.7 Å². The number of aliphatic hydroxyl groups is 1. The predicted molar refractivity (Wildman–Crippen MR) is 126 cm³/mol. The number of ether oxygens (including phenoxy) is 1. The van der Waals surface area contributed by atoms with Crippen LogP contribution in [0.25, 0.3) is 11.6 Å². The summed E-state index contributed by atoms with van der Waals surface area (Å²) < 4.78 is 42.1. The first kappa shape index (κ1) is 28.4. The number of rotatable bonds is 14. The molecular formula is C25H35F3N2O3. The number of benzene rings is 1. The molecule has 184 valence electrons. The number of hydrogen-bond acceptors (Lipinski definition) is 5. The minimum atomic E-state index is -4.69. The van der Waals surface area contributed by atoms with E-state index in [9.17, 15) is 23.1 Å². The molecule has 3 N–H and O–H groups in total. The highest BCUT2D eigenvalue weighted by molar-refractivity contribution is 6.09. The largest absolute Gasteiger partial charge is 0.503 e. The summed E-state index contributed by atoms with van der Waals surface area (Å²) in [5.74, 6) is -0.345. The average molecular weight is 469 g/mol. The summed E-state index contributed by atoms with van der Waals surface area (Å²) in [6.45, 7) is 2.16. The van der Waals surface area contributed by atoms with Crippen molar-refractivity contribution in [2.45, 2.75) is 77.1 Å². The van der Waals surface area contributed by atoms with Gasteiger partial charge in [-0.1, -0.05) is 56.9 Å². The Kier molecular flexibility index (Phi) is 13.1. The van der Waals surface area contributed by atoms with Gasteiger partial charge in [-0.2, -0.15) is 4.99 Å². The second kappa shape index (κ2) is 15.3. The van der Waals surface area contributed by atoms with Gasteiger partial charge in [-0.05, 0) is 48.4 Å². The van der Waals surface area contributed by atoms with E-state index in [1.54, 1.807) is 18.2 Å². The number of nitrogens with zero attached hydrogens (tertiary/aromatic N) is 1. The smallest absolute Gasteiger partial charge is 0.469 e. The van der Waals surface area contributed by atoms with Crippen molar-refractivity contribution in [3.05, 3.63) is 47.2 Å². The molecule has 0 aliphatic rings. The third-order valence-corrected chi connectivity index (χ3v) is 5.17. The first-order valence-electron chi connectivity index (χ1n) is 11.3. The van der Waals surface area contributed by atoms with E-state index in [1.807, 2.05) is 12.2 Å². The van der Waals surface area contributed by atoms with E-state index in [0.29, 0.717) is 35.7 Å². The van der Waals surface area contributed by atoms with E-state index >= 15 is 0 Å². The number of unbranched alkanes of at least 4 members (excludes halogenated alkanes) is 5. The maximum absolute atomic E-state index is 12.5. The monoisotopic (exact) mass is 468 g/mol. The standard InChI is InChI=1S/C25H35F3N2O3/c1-3-4-5-6-7-8-9-11-20-16-19(21(17-29)18-30-25(26,27)28)14-15-22(20)23(31)12-10-13-24(32)33-2/h9,11,14-18,23,31H,3-8,10,12-13,29H2,1-2H3/b11-9+,21-17+,30-18+. The van der Waals surface area contributed by atoms with E-state index in [2.05, 4.69) is 16.7 Å². The molecule has 0 bridgehead atoms. The molecule has 0 radical (unpaired) electrons. The fraction of sp³-hybridized carbons (Fsp3) is 0.520. The van der Waals surface area contributed by atoms with E-state index in [-0.39, 0.29) is 18.0 Å². The molecule has 0 aromatic heterocycles. The number of nitrogens with two attached hydrogens (primary N) is 1. The van der Waals surface area contributed by atoms with Crippen LogP contribution in [-0.2, 0) is 9.53 Å². The zero-order valence-electron chi connectivity index (χ0n) is 19.4. The quantitative estimate of drug-likeness (QED) is 0.145. The maximum atomic E-state index is 12.5. The van der Waals surface area contributed by atoms with Crippen LogP contribution in [-0.4, -0.2) is 30.7 Å². The summed E-state index contributed by atoms with van der Waals surface area (Å²) in [6, 6.07) is 4.96. The number of carbonyl (C=O) groups is 1. The number of allylic oxidation sites excluding steroid dienone is 2. The lowest BCUT2D eigenvalue weighted by Crippen LogP contribution is -2.05. The third-order valence-electron chi connectivity index (χ3n) is 5.17. The zero-order chi connectivity index (χ0) is 24.7. The highest BCUT2D eigenvalue weighted by atomic mass is 19.4. The normalized spacial score (nSPS) is 13.7. The molecule has 1 rings (SSSR count). The van der Waals surface area contributed by atoms with Crippen molar-refractivity contribution in [2.75, 3.05) is 7.11 Å². The van der Waals surface area contributed by atoms with Gasteiger partial charge >= 0.3 is 12.3 Å². The Morgan fingerprint density at radius 3 is 2.58 bits per heavy atom. The number of aliphatic imine (C=N–C) groups is 1. The number of alkyl halides is 3. The molecule has 1 aromatic rings. The summed E-state index contributed by atoms with van der Waals surface area (Å²) in [7, 11) is 1.31. The fourth-order valence-electron chi connectivity index (χ4n) is 3.33. The second-order valence-corrected chi connectivity index (χ2v) is 7.78. The summed E-state index contributed by atoms with van der Waals surface area (Å²) in [6.07, 6.45) is 7.71. The van der Waals surface area contributed by atoms with Crippen LogP contribution in [0.2, 0.25) is 0 Å².